The Hall–Kier alpha value is -3.65. The van der Waals surface area contributed by atoms with Gasteiger partial charge in [0.25, 0.3) is 10.0 Å². The highest BCUT2D eigenvalue weighted by Crippen LogP contribution is 2.28. The van der Waals surface area contributed by atoms with Gasteiger partial charge in [-0.1, -0.05) is 91.9 Å². The Morgan fingerprint density at radius 1 is 0.881 bits per heavy atom. The lowest BCUT2D eigenvalue weighted by Crippen LogP contribution is -2.54. The molecule has 1 saturated carbocycles. The lowest BCUT2D eigenvalue weighted by Gasteiger charge is -2.34. The van der Waals surface area contributed by atoms with E-state index in [0.717, 1.165) is 47.9 Å². The van der Waals surface area contributed by atoms with E-state index < -0.39 is 28.5 Å². The molecule has 224 valence electrons. The van der Waals surface area contributed by atoms with Gasteiger partial charge in [0.15, 0.2) is 0 Å². The van der Waals surface area contributed by atoms with Crippen LogP contribution in [0.4, 0.5) is 5.69 Å². The van der Waals surface area contributed by atoms with Crippen molar-refractivity contribution in [2.24, 2.45) is 0 Å². The molecule has 0 radical (unpaired) electrons. The van der Waals surface area contributed by atoms with Crippen LogP contribution in [0.25, 0.3) is 0 Å². The minimum Gasteiger partial charge on any atom is -0.352 e. The second kappa shape index (κ2) is 14.0. The Kier molecular flexibility index (Phi) is 10.4. The molecule has 0 aliphatic heterocycles. The van der Waals surface area contributed by atoms with Crippen LogP contribution >= 0.6 is 0 Å². The summed E-state index contributed by atoms with van der Waals surface area (Å²) in [7, 11) is -4.09. The molecule has 2 amide bonds. The third-order valence-electron chi connectivity index (χ3n) is 8.04. The van der Waals surface area contributed by atoms with E-state index in [4.69, 9.17) is 0 Å². The second-order valence-corrected chi connectivity index (χ2v) is 13.3. The van der Waals surface area contributed by atoms with Crippen LogP contribution in [0.2, 0.25) is 0 Å². The fraction of sp³-hybridized carbons (Fsp3) is 0.412. The van der Waals surface area contributed by atoms with Crippen LogP contribution in [0.3, 0.4) is 0 Å². The number of carbonyl (C=O) groups excluding carboxylic acids is 2. The van der Waals surface area contributed by atoms with Crippen molar-refractivity contribution in [3.05, 3.63) is 95.1 Å². The molecule has 3 aromatic carbocycles. The van der Waals surface area contributed by atoms with Gasteiger partial charge < -0.3 is 10.2 Å². The molecule has 0 unspecified atom stereocenters. The molecule has 0 heterocycles. The number of sulfonamides is 1. The van der Waals surface area contributed by atoms with Gasteiger partial charge >= 0.3 is 0 Å². The summed E-state index contributed by atoms with van der Waals surface area (Å²) in [6, 6.07) is 20.9. The number of rotatable bonds is 11. The van der Waals surface area contributed by atoms with Crippen LogP contribution in [0.1, 0.15) is 67.7 Å². The first kappa shape index (κ1) is 31.3. The number of carbonyl (C=O) groups is 2. The normalized spacial score (nSPS) is 14.7. The molecule has 1 aliphatic rings. The van der Waals surface area contributed by atoms with Crippen LogP contribution in [-0.2, 0) is 26.2 Å². The van der Waals surface area contributed by atoms with Crippen LogP contribution in [0, 0.1) is 20.8 Å². The first-order valence-corrected chi connectivity index (χ1v) is 16.3. The van der Waals surface area contributed by atoms with Gasteiger partial charge in [-0.3, -0.25) is 13.9 Å². The van der Waals surface area contributed by atoms with Crippen molar-refractivity contribution in [2.45, 2.75) is 89.7 Å². The van der Waals surface area contributed by atoms with Crippen molar-refractivity contribution in [3.63, 3.8) is 0 Å². The summed E-state index contributed by atoms with van der Waals surface area (Å²) >= 11 is 0. The van der Waals surface area contributed by atoms with Gasteiger partial charge in [0.2, 0.25) is 11.8 Å². The zero-order valence-electron chi connectivity index (χ0n) is 25.2. The Morgan fingerprint density at radius 3 is 2.14 bits per heavy atom. The number of nitrogens with one attached hydrogen (secondary N) is 1. The molecular weight excluding hydrogens is 546 g/mol. The molecule has 42 heavy (non-hydrogen) atoms. The Bertz CT molecular complexity index is 1470. The summed E-state index contributed by atoms with van der Waals surface area (Å²) in [4.78, 5) is 29.6. The highest BCUT2D eigenvalue weighted by molar-refractivity contribution is 7.92. The average molecular weight is 590 g/mol. The molecular formula is C34H43N3O4S. The minimum absolute atomic E-state index is 0.0989. The zero-order valence-corrected chi connectivity index (χ0v) is 26.0. The number of aryl methyl sites for hydroxylation is 3. The third-order valence-corrected chi connectivity index (χ3v) is 9.82. The average Bonchev–Trinajstić information content (AvgIpc) is 2.98. The summed E-state index contributed by atoms with van der Waals surface area (Å²) in [6.45, 7) is 7.44. The van der Waals surface area contributed by atoms with Gasteiger partial charge in [0, 0.05) is 12.6 Å². The van der Waals surface area contributed by atoms with E-state index in [0.29, 0.717) is 12.1 Å². The Morgan fingerprint density at radius 2 is 1.52 bits per heavy atom. The second-order valence-electron chi connectivity index (χ2n) is 11.4. The number of benzene rings is 3. The Labute approximate surface area is 251 Å². The molecule has 3 aromatic rings. The first-order chi connectivity index (χ1) is 20.1. The predicted molar refractivity (Wildman–Crippen MR) is 168 cm³/mol. The molecule has 1 N–H and O–H groups in total. The molecule has 1 aliphatic carbocycles. The highest BCUT2D eigenvalue weighted by Gasteiger charge is 2.34. The molecule has 1 atom stereocenters. The summed E-state index contributed by atoms with van der Waals surface area (Å²) in [5, 5.41) is 3.19. The number of anilines is 1. The largest absolute Gasteiger partial charge is 0.352 e. The fourth-order valence-corrected chi connectivity index (χ4v) is 7.17. The molecule has 0 spiro atoms. The molecule has 4 rings (SSSR count). The maximum Gasteiger partial charge on any atom is 0.264 e. The van der Waals surface area contributed by atoms with Crippen molar-refractivity contribution in [1.29, 1.82) is 0 Å². The smallest absolute Gasteiger partial charge is 0.264 e. The van der Waals surface area contributed by atoms with Crippen molar-refractivity contribution < 1.29 is 18.0 Å². The first-order valence-electron chi connectivity index (χ1n) is 14.9. The van der Waals surface area contributed by atoms with Crippen LogP contribution in [-0.4, -0.2) is 43.8 Å². The van der Waals surface area contributed by atoms with E-state index >= 15 is 0 Å². The summed E-state index contributed by atoms with van der Waals surface area (Å²) in [5.74, 6) is -0.616. The molecule has 0 bridgehead atoms. The van der Waals surface area contributed by atoms with Crippen molar-refractivity contribution in [3.8, 4) is 0 Å². The van der Waals surface area contributed by atoms with E-state index in [1.807, 2.05) is 64.1 Å². The van der Waals surface area contributed by atoms with E-state index in [2.05, 4.69) is 5.32 Å². The van der Waals surface area contributed by atoms with Crippen LogP contribution in [0.15, 0.2) is 77.7 Å². The fourth-order valence-electron chi connectivity index (χ4n) is 5.67. The van der Waals surface area contributed by atoms with E-state index in [9.17, 15) is 18.0 Å². The van der Waals surface area contributed by atoms with Gasteiger partial charge in [-0.15, -0.1) is 0 Å². The van der Waals surface area contributed by atoms with Gasteiger partial charge in [-0.2, -0.15) is 0 Å². The number of hydrogen-bond donors (Lipinski definition) is 1. The molecule has 0 aromatic heterocycles. The minimum atomic E-state index is -4.09. The molecule has 7 nitrogen and oxygen atoms in total. The number of amides is 2. The predicted octanol–water partition coefficient (Wildman–Crippen LogP) is 6.06. The van der Waals surface area contributed by atoms with Gasteiger partial charge in [-0.25, -0.2) is 8.42 Å². The van der Waals surface area contributed by atoms with E-state index in [-0.39, 0.29) is 23.4 Å². The molecule has 0 saturated heterocycles. The maximum atomic E-state index is 14.3. The van der Waals surface area contributed by atoms with Crippen LogP contribution in [0.5, 0.6) is 0 Å². The molecule has 1 fully saturated rings. The van der Waals surface area contributed by atoms with Gasteiger partial charge in [-0.05, 0) is 69.4 Å². The molecule has 8 heteroatoms. The third kappa shape index (κ3) is 7.59. The quantitative estimate of drug-likeness (QED) is 0.294. The SMILES string of the molecule is CC[C@H](C(=O)NC1CCCCC1)N(Cc1ccc(C)cc1)C(=O)CN(c1ccc(C)cc1C)S(=O)(=O)c1ccccc1. The summed E-state index contributed by atoms with van der Waals surface area (Å²) in [6.07, 6.45) is 5.61. The van der Waals surface area contributed by atoms with Crippen molar-refractivity contribution in [2.75, 3.05) is 10.8 Å². The lowest BCUT2D eigenvalue weighted by molar-refractivity contribution is -0.140. The van der Waals surface area contributed by atoms with Crippen molar-refractivity contribution in [1.82, 2.24) is 10.2 Å². The summed E-state index contributed by atoms with van der Waals surface area (Å²) in [5.41, 5.74) is 4.14. The maximum absolute atomic E-state index is 14.3. The zero-order chi connectivity index (χ0) is 30.3. The van der Waals surface area contributed by atoms with E-state index in [1.165, 1.54) is 22.9 Å². The van der Waals surface area contributed by atoms with E-state index in [1.54, 1.807) is 29.2 Å². The lowest BCUT2D eigenvalue weighted by atomic mass is 9.95. The highest BCUT2D eigenvalue weighted by atomic mass is 32.2. The van der Waals surface area contributed by atoms with Gasteiger partial charge in [0.05, 0.1) is 10.6 Å². The monoisotopic (exact) mass is 589 g/mol. The topological polar surface area (TPSA) is 86.8 Å². The number of hydrogen-bond acceptors (Lipinski definition) is 4. The van der Waals surface area contributed by atoms with Gasteiger partial charge in [0.1, 0.15) is 12.6 Å². The van der Waals surface area contributed by atoms with Crippen molar-refractivity contribution >= 4 is 27.5 Å². The Balaban J connectivity index is 1.72. The number of nitrogens with zero attached hydrogens (tertiary/aromatic N) is 2. The summed E-state index contributed by atoms with van der Waals surface area (Å²) < 4.78 is 29.3. The standard InChI is InChI=1S/C34H43N3O4S/c1-5-31(34(39)35-29-12-8-6-9-13-29)36(23-28-19-16-25(2)17-20-28)33(38)24-37(32-21-18-26(3)22-27(32)4)42(40,41)30-14-10-7-11-15-30/h7,10-11,14-22,29,31H,5-6,8-9,12-13,23-24H2,1-4H3,(H,35,39)/t31-/m1/s1. The van der Waals surface area contributed by atoms with Crippen LogP contribution < -0.4 is 9.62 Å².